The SMILES string of the molecule is CCNC1CCN(c2ccc(C(=O)Nc3cc(-c4ccccc4)ccc3N)cc2)C1. The van der Waals surface area contributed by atoms with E-state index in [-0.39, 0.29) is 5.91 Å². The Balaban J connectivity index is 1.45. The maximum absolute atomic E-state index is 12.8. The van der Waals surface area contributed by atoms with Gasteiger partial charge in [0, 0.05) is 30.4 Å². The standard InChI is InChI=1S/C25H28N4O/c1-2-27-21-14-15-29(17-21)22-11-8-19(9-12-22)25(30)28-24-16-20(10-13-23(24)26)18-6-4-3-5-7-18/h3-13,16,21,27H,2,14-15,17,26H2,1H3,(H,28,30). The van der Waals surface area contributed by atoms with Crippen molar-refractivity contribution in [1.82, 2.24) is 5.32 Å². The number of nitrogen functional groups attached to an aromatic ring is 1. The summed E-state index contributed by atoms with van der Waals surface area (Å²) in [7, 11) is 0. The number of nitrogens with two attached hydrogens (primary N) is 1. The van der Waals surface area contributed by atoms with E-state index in [0.29, 0.717) is 23.0 Å². The van der Waals surface area contributed by atoms with E-state index in [2.05, 4.69) is 22.5 Å². The van der Waals surface area contributed by atoms with Crippen molar-refractivity contribution in [2.24, 2.45) is 0 Å². The van der Waals surface area contributed by atoms with Crippen molar-refractivity contribution >= 4 is 23.0 Å². The van der Waals surface area contributed by atoms with E-state index in [1.54, 1.807) is 0 Å². The van der Waals surface area contributed by atoms with Crippen LogP contribution in [0.15, 0.2) is 72.8 Å². The van der Waals surface area contributed by atoms with Gasteiger partial charge >= 0.3 is 0 Å². The van der Waals surface area contributed by atoms with Gasteiger partial charge < -0.3 is 21.3 Å². The van der Waals surface area contributed by atoms with Crippen molar-refractivity contribution in [3.8, 4) is 11.1 Å². The quantitative estimate of drug-likeness (QED) is 0.537. The molecule has 1 fully saturated rings. The minimum Gasteiger partial charge on any atom is -0.397 e. The van der Waals surface area contributed by atoms with E-state index in [0.717, 1.165) is 42.9 Å². The van der Waals surface area contributed by atoms with Crippen LogP contribution in [0, 0.1) is 0 Å². The number of benzene rings is 3. The Morgan fingerprint density at radius 3 is 2.53 bits per heavy atom. The summed E-state index contributed by atoms with van der Waals surface area (Å²) in [6.07, 6.45) is 1.15. The van der Waals surface area contributed by atoms with Crippen LogP contribution in [-0.2, 0) is 0 Å². The number of carbonyl (C=O) groups excluding carboxylic acids is 1. The minimum absolute atomic E-state index is 0.162. The molecule has 30 heavy (non-hydrogen) atoms. The van der Waals surface area contributed by atoms with E-state index in [1.165, 1.54) is 0 Å². The van der Waals surface area contributed by atoms with Crippen molar-refractivity contribution in [3.05, 3.63) is 78.4 Å². The Labute approximate surface area is 177 Å². The number of carbonyl (C=O) groups is 1. The van der Waals surface area contributed by atoms with Gasteiger partial charge in [0.15, 0.2) is 0 Å². The molecule has 3 aromatic rings. The molecule has 3 aromatic carbocycles. The van der Waals surface area contributed by atoms with Crippen LogP contribution in [0.25, 0.3) is 11.1 Å². The van der Waals surface area contributed by atoms with Crippen LogP contribution in [0.3, 0.4) is 0 Å². The molecule has 1 aliphatic heterocycles. The number of rotatable bonds is 6. The van der Waals surface area contributed by atoms with Gasteiger partial charge in [-0.2, -0.15) is 0 Å². The van der Waals surface area contributed by atoms with Crippen LogP contribution in [-0.4, -0.2) is 31.6 Å². The molecule has 4 rings (SSSR count). The molecule has 1 heterocycles. The highest BCUT2D eigenvalue weighted by atomic mass is 16.1. The van der Waals surface area contributed by atoms with Gasteiger partial charge in [-0.3, -0.25) is 4.79 Å². The van der Waals surface area contributed by atoms with E-state index >= 15 is 0 Å². The predicted octanol–water partition coefficient (Wildman–Crippen LogP) is 4.38. The highest BCUT2D eigenvalue weighted by Crippen LogP contribution is 2.28. The molecule has 0 aromatic heterocycles. The molecule has 1 amide bonds. The summed E-state index contributed by atoms with van der Waals surface area (Å²) in [5.41, 5.74) is 11.1. The molecule has 5 nitrogen and oxygen atoms in total. The molecule has 5 heteroatoms. The molecule has 1 saturated heterocycles. The van der Waals surface area contributed by atoms with Crippen LogP contribution in [0.4, 0.5) is 17.1 Å². The van der Waals surface area contributed by atoms with Crippen molar-refractivity contribution in [1.29, 1.82) is 0 Å². The first-order chi connectivity index (χ1) is 14.6. The number of nitrogens with one attached hydrogen (secondary N) is 2. The Bertz CT molecular complexity index is 1000. The molecule has 1 aliphatic rings. The molecule has 0 saturated carbocycles. The van der Waals surface area contributed by atoms with E-state index in [9.17, 15) is 4.79 Å². The van der Waals surface area contributed by atoms with Crippen LogP contribution >= 0.6 is 0 Å². The first kappa shape index (κ1) is 20.0. The number of hydrogen-bond donors (Lipinski definition) is 3. The number of hydrogen-bond acceptors (Lipinski definition) is 4. The topological polar surface area (TPSA) is 70.4 Å². The van der Waals surface area contributed by atoms with Gasteiger partial charge in [-0.25, -0.2) is 0 Å². The average Bonchev–Trinajstić information content (AvgIpc) is 3.25. The Hall–Kier alpha value is -3.31. The summed E-state index contributed by atoms with van der Waals surface area (Å²) >= 11 is 0. The molecule has 154 valence electrons. The number of likely N-dealkylation sites (N-methyl/N-ethyl adjacent to an activating group) is 1. The van der Waals surface area contributed by atoms with Gasteiger partial charge in [0.05, 0.1) is 11.4 Å². The second-order valence-electron chi connectivity index (χ2n) is 7.66. The Morgan fingerprint density at radius 2 is 1.80 bits per heavy atom. The lowest BCUT2D eigenvalue weighted by Crippen LogP contribution is -2.32. The van der Waals surface area contributed by atoms with Crippen molar-refractivity contribution in [2.45, 2.75) is 19.4 Å². The third-order valence-corrected chi connectivity index (χ3v) is 5.58. The third kappa shape index (κ3) is 4.47. The number of amides is 1. The summed E-state index contributed by atoms with van der Waals surface area (Å²) in [5.74, 6) is -0.162. The number of nitrogens with zero attached hydrogens (tertiary/aromatic N) is 1. The lowest BCUT2D eigenvalue weighted by atomic mass is 10.0. The minimum atomic E-state index is -0.162. The highest BCUT2D eigenvalue weighted by Gasteiger charge is 2.21. The first-order valence-electron chi connectivity index (χ1n) is 10.5. The van der Waals surface area contributed by atoms with Crippen molar-refractivity contribution in [3.63, 3.8) is 0 Å². The predicted molar refractivity (Wildman–Crippen MR) is 125 cm³/mol. The molecule has 1 unspecified atom stereocenters. The van der Waals surface area contributed by atoms with E-state index in [1.807, 2.05) is 72.8 Å². The monoisotopic (exact) mass is 400 g/mol. The molecule has 1 atom stereocenters. The molecule has 0 bridgehead atoms. The van der Waals surface area contributed by atoms with Crippen LogP contribution in [0.1, 0.15) is 23.7 Å². The fourth-order valence-corrected chi connectivity index (χ4v) is 3.94. The maximum atomic E-state index is 12.8. The second-order valence-corrected chi connectivity index (χ2v) is 7.66. The fraction of sp³-hybridized carbons (Fsp3) is 0.240. The molecule has 0 spiro atoms. The van der Waals surface area contributed by atoms with Gasteiger partial charge in [-0.15, -0.1) is 0 Å². The van der Waals surface area contributed by atoms with Gasteiger partial charge in [-0.1, -0.05) is 43.3 Å². The zero-order valence-electron chi connectivity index (χ0n) is 17.3. The van der Waals surface area contributed by atoms with Gasteiger partial charge in [0.25, 0.3) is 5.91 Å². The third-order valence-electron chi connectivity index (χ3n) is 5.58. The van der Waals surface area contributed by atoms with Crippen LogP contribution < -0.4 is 21.3 Å². The molecular weight excluding hydrogens is 372 g/mol. The van der Waals surface area contributed by atoms with Gasteiger partial charge in [0.1, 0.15) is 0 Å². The lowest BCUT2D eigenvalue weighted by molar-refractivity contribution is 0.102. The Morgan fingerprint density at radius 1 is 1.03 bits per heavy atom. The summed E-state index contributed by atoms with van der Waals surface area (Å²) in [4.78, 5) is 15.2. The zero-order valence-corrected chi connectivity index (χ0v) is 17.3. The lowest BCUT2D eigenvalue weighted by Gasteiger charge is -2.19. The molecular formula is C25H28N4O. The second kappa shape index (κ2) is 9.01. The zero-order chi connectivity index (χ0) is 20.9. The normalized spacial score (nSPS) is 15.9. The summed E-state index contributed by atoms with van der Waals surface area (Å²) in [6, 6.07) is 24.1. The van der Waals surface area contributed by atoms with Crippen molar-refractivity contribution in [2.75, 3.05) is 35.6 Å². The summed E-state index contributed by atoms with van der Waals surface area (Å²) < 4.78 is 0. The number of anilines is 3. The van der Waals surface area contributed by atoms with Crippen LogP contribution in [0.2, 0.25) is 0 Å². The van der Waals surface area contributed by atoms with Gasteiger partial charge in [0.2, 0.25) is 0 Å². The molecule has 0 radical (unpaired) electrons. The van der Waals surface area contributed by atoms with Crippen molar-refractivity contribution < 1.29 is 4.79 Å². The maximum Gasteiger partial charge on any atom is 0.255 e. The smallest absolute Gasteiger partial charge is 0.255 e. The summed E-state index contributed by atoms with van der Waals surface area (Å²) in [5, 5.41) is 6.47. The Kier molecular flexibility index (Phi) is 6.00. The molecule has 0 aliphatic carbocycles. The fourth-order valence-electron chi connectivity index (χ4n) is 3.94. The molecule has 4 N–H and O–H groups in total. The van der Waals surface area contributed by atoms with Gasteiger partial charge in [-0.05, 0) is 60.5 Å². The van der Waals surface area contributed by atoms with E-state index < -0.39 is 0 Å². The largest absolute Gasteiger partial charge is 0.397 e. The first-order valence-corrected chi connectivity index (χ1v) is 10.5. The van der Waals surface area contributed by atoms with E-state index in [4.69, 9.17) is 5.73 Å². The average molecular weight is 401 g/mol. The highest BCUT2D eigenvalue weighted by molar-refractivity contribution is 6.06. The van der Waals surface area contributed by atoms with Crippen LogP contribution in [0.5, 0.6) is 0 Å². The summed E-state index contributed by atoms with van der Waals surface area (Å²) in [6.45, 7) is 5.17.